The van der Waals surface area contributed by atoms with Gasteiger partial charge in [-0.2, -0.15) is 0 Å². The minimum Gasteiger partial charge on any atom is -0.391 e. The summed E-state index contributed by atoms with van der Waals surface area (Å²) in [5.41, 5.74) is 3.99. The van der Waals surface area contributed by atoms with Gasteiger partial charge >= 0.3 is 6.03 Å². The Morgan fingerprint density at radius 2 is 1.79 bits per heavy atom. The summed E-state index contributed by atoms with van der Waals surface area (Å²) in [5, 5.41) is 9.17. The molecular formula is C22H28N3O3+. The van der Waals surface area contributed by atoms with Gasteiger partial charge < -0.3 is 19.6 Å². The third-order valence-electron chi connectivity index (χ3n) is 5.84. The summed E-state index contributed by atoms with van der Waals surface area (Å²) in [7, 11) is 1.73. The second kappa shape index (κ2) is 8.31. The number of rotatable bonds is 3. The van der Waals surface area contributed by atoms with E-state index in [1.54, 1.807) is 7.11 Å². The van der Waals surface area contributed by atoms with Crippen molar-refractivity contribution < 1.29 is 19.5 Å². The molecule has 2 aliphatic heterocycles. The summed E-state index contributed by atoms with van der Waals surface area (Å²) in [4.78, 5) is 18.8. The zero-order chi connectivity index (χ0) is 19.5. The summed E-state index contributed by atoms with van der Waals surface area (Å²) >= 11 is 0. The Balaban J connectivity index is 1.70. The smallest absolute Gasteiger partial charge is 0.329 e. The predicted molar refractivity (Wildman–Crippen MR) is 108 cm³/mol. The number of aliphatic hydroxyl groups excluding tert-OH is 1. The number of ether oxygens (including phenoxy) is 1. The molecule has 0 unspecified atom stereocenters. The molecule has 0 saturated carbocycles. The van der Waals surface area contributed by atoms with Crippen molar-refractivity contribution in [3.63, 3.8) is 0 Å². The van der Waals surface area contributed by atoms with Gasteiger partial charge in [0, 0.05) is 19.1 Å². The number of piperazine rings is 1. The Morgan fingerprint density at radius 1 is 1.11 bits per heavy atom. The van der Waals surface area contributed by atoms with E-state index >= 15 is 0 Å². The van der Waals surface area contributed by atoms with Gasteiger partial charge in [-0.3, -0.25) is 4.90 Å². The maximum absolute atomic E-state index is 13.6. The molecule has 6 heteroatoms. The van der Waals surface area contributed by atoms with Crippen molar-refractivity contribution in [1.82, 2.24) is 4.90 Å². The Kier molecular flexibility index (Phi) is 5.62. The summed E-state index contributed by atoms with van der Waals surface area (Å²) in [5.74, 6) is 0. The zero-order valence-electron chi connectivity index (χ0n) is 16.3. The van der Waals surface area contributed by atoms with Gasteiger partial charge in [-0.1, -0.05) is 36.4 Å². The molecule has 4 rings (SSSR count). The fourth-order valence-corrected chi connectivity index (χ4v) is 4.28. The summed E-state index contributed by atoms with van der Waals surface area (Å²) < 4.78 is 5.79. The molecule has 0 aliphatic carbocycles. The van der Waals surface area contributed by atoms with Crippen LogP contribution in [0.3, 0.4) is 0 Å². The summed E-state index contributed by atoms with van der Waals surface area (Å²) in [6.45, 7) is 4.06. The molecule has 2 N–H and O–H groups in total. The molecule has 1 saturated heterocycles. The van der Waals surface area contributed by atoms with E-state index in [2.05, 4.69) is 12.1 Å². The van der Waals surface area contributed by atoms with Crippen LogP contribution in [0.15, 0.2) is 48.5 Å². The molecule has 0 spiro atoms. The SMILES string of the molecule is CO[C@H]1Cc2ccccc2N(C(=O)N2CC[NH+](CCO)CC2)c2ccccc21. The molecule has 2 aromatic carbocycles. The molecule has 2 amide bonds. The van der Waals surface area contributed by atoms with E-state index in [4.69, 9.17) is 4.74 Å². The van der Waals surface area contributed by atoms with E-state index in [1.807, 2.05) is 46.2 Å². The first-order valence-electron chi connectivity index (χ1n) is 9.96. The number of urea groups is 1. The molecule has 2 aliphatic rings. The lowest BCUT2D eigenvalue weighted by Gasteiger charge is -2.36. The van der Waals surface area contributed by atoms with Gasteiger partial charge in [0.15, 0.2) is 0 Å². The third kappa shape index (κ3) is 3.51. The van der Waals surface area contributed by atoms with Gasteiger partial charge in [-0.15, -0.1) is 0 Å². The van der Waals surface area contributed by atoms with Crippen LogP contribution in [0.1, 0.15) is 17.2 Å². The molecule has 1 fully saturated rings. The minimum absolute atomic E-state index is 0.0136. The maximum atomic E-state index is 13.6. The minimum atomic E-state index is -0.0824. The highest BCUT2D eigenvalue weighted by molar-refractivity contribution is 6.01. The first kappa shape index (κ1) is 18.9. The molecule has 28 heavy (non-hydrogen) atoms. The van der Waals surface area contributed by atoms with Crippen molar-refractivity contribution in [3.8, 4) is 0 Å². The van der Waals surface area contributed by atoms with Gasteiger partial charge in [0.25, 0.3) is 0 Å². The first-order valence-corrected chi connectivity index (χ1v) is 9.96. The van der Waals surface area contributed by atoms with Crippen molar-refractivity contribution in [3.05, 3.63) is 59.7 Å². The fraction of sp³-hybridized carbons (Fsp3) is 0.409. The number of nitrogens with zero attached hydrogens (tertiary/aromatic N) is 2. The van der Waals surface area contributed by atoms with Crippen LogP contribution in [0, 0.1) is 0 Å². The average Bonchev–Trinajstić information content (AvgIpc) is 2.88. The van der Waals surface area contributed by atoms with Crippen molar-refractivity contribution in [2.24, 2.45) is 0 Å². The van der Waals surface area contributed by atoms with Crippen molar-refractivity contribution in [2.45, 2.75) is 12.5 Å². The lowest BCUT2D eigenvalue weighted by molar-refractivity contribution is -0.904. The van der Waals surface area contributed by atoms with Gasteiger partial charge in [0.05, 0.1) is 50.3 Å². The number of nitrogens with one attached hydrogen (secondary N) is 1. The predicted octanol–water partition coefficient (Wildman–Crippen LogP) is 1.38. The standard InChI is InChI=1S/C22H27N3O3/c1-28-21-16-17-6-2-4-8-19(17)25(20-9-5-3-7-18(20)21)22(27)24-12-10-23(11-13-24)14-15-26/h2-9,21,26H,10-16H2,1H3/p+1/t21-/m0/s1. The number of methoxy groups -OCH3 is 1. The van der Waals surface area contributed by atoms with Crippen molar-refractivity contribution in [2.75, 3.05) is 51.3 Å². The van der Waals surface area contributed by atoms with Gasteiger partial charge in [0.1, 0.15) is 6.54 Å². The van der Waals surface area contributed by atoms with E-state index in [0.717, 1.165) is 48.6 Å². The third-order valence-corrected chi connectivity index (χ3v) is 5.84. The lowest BCUT2D eigenvalue weighted by atomic mass is 10.0. The Labute approximate surface area is 165 Å². The van der Waals surface area contributed by atoms with Crippen LogP contribution in [0.4, 0.5) is 16.2 Å². The summed E-state index contributed by atoms with van der Waals surface area (Å²) in [6, 6.07) is 16.2. The quantitative estimate of drug-likeness (QED) is 0.843. The number of carbonyl (C=O) groups is 1. The van der Waals surface area contributed by atoms with Crippen molar-refractivity contribution in [1.29, 1.82) is 0 Å². The van der Waals surface area contributed by atoms with Crippen molar-refractivity contribution >= 4 is 17.4 Å². The highest BCUT2D eigenvalue weighted by Gasteiger charge is 2.34. The molecule has 0 aromatic heterocycles. The van der Waals surface area contributed by atoms with E-state index in [0.29, 0.717) is 13.1 Å². The molecule has 148 valence electrons. The number of carbonyl (C=O) groups excluding carboxylic acids is 1. The normalized spacial score (nSPS) is 19.7. The van der Waals surface area contributed by atoms with Gasteiger partial charge in [-0.25, -0.2) is 4.79 Å². The summed E-state index contributed by atoms with van der Waals surface area (Å²) in [6.07, 6.45) is 0.656. The highest BCUT2D eigenvalue weighted by atomic mass is 16.5. The van der Waals surface area contributed by atoms with Crippen LogP contribution in [-0.2, 0) is 11.2 Å². The topological polar surface area (TPSA) is 57.5 Å². The van der Waals surface area contributed by atoms with E-state index in [1.165, 1.54) is 4.90 Å². The van der Waals surface area contributed by atoms with Gasteiger partial charge in [0.2, 0.25) is 0 Å². The van der Waals surface area contributed by atoms with E-state index < -0.39 is 0 Å². The van der Waals surface area contributed by atoms with Crippen LogP contribution in [0.25, 0.3) is 0 Å². The number of anilines is 2. The zero-order valence-corrected chi connectivity index (χ0v) is 16.3. The van der Waals surface area contributed by atoms with Crippen LogP contribution >= 0.6 is 0 Å². The molecule has 2 aromatic rings. The molecular weight excluding hydrogens is 354 g/mol. The monoisotopic (exact) mass is 382 g/mol. The maximum Gasteiger partial charge on any atom is 0.329 e. The number of amides is 2. The Bertz CT molecular complexity index is 833. The van der Waals surface area contributed by atoms with Crippen LogP contribution < -0.4 is 9.80 Å². The number of hydrogen-bond acceptors (Lipinski definition) is 3. The number of quaternary nitrogens is 1. The number of para-hydroxylation sites is 2. The van der Waals surface area contributed by atoms with Crippen LogP contribution in [0.5, 0.6) is 0 Å². The number of fused-ring (bicyclic) bond motifs is 2. The molecule has 1 atom stereocenters. The van der Waals surface area contributed by atoms with Crippen LogP contribution in [-0.4, -0.2) is 62.5 Å². The van der Waals surface area contributed by atoms with Crippen LogP contribution in [0.2, 0.25) is 0 Å². The van der Waals surface area contributed by atoms with E-state index in [9.17, 15) is 9.90 Å². The van der Waals surface area contributed by atoms with E-state index in [-0.39, 0.29) is 18.7 Å². The van der Waals surface area contributed by atoms with Gasteiger partial charge in [-0.05, 0) is 17.7 Å². The molecule has 0 radical (unpaired) electrons. The fourth-order valence-electron chi connectivity index (χ4n) is 4.28. The number of aliphatic hydroxyl groups is 1. The molecule has 2 heterocycles. The second-order valence-electron chi connectivity index (χ2n) is 7.44. The number of benzene rings is 2. The highest BCUT2D eigenvalue weighted by Crippen LogP contribution is 2.41. The Hall–Kier alpha value is -2.41. The lowest BCUT2D eigenvalue weighted by Crippen LogP contribution is -3.15. The average molecular weight is 382 g/mol. The largest absolute Gasteiger partial charge is 0.391 e. The molecule has 6 nitrogen and oxygen atoms in total. The molecule has 0 bridgehead atoms. The second-order valence-corrected chi connectivity index (χ2v) is 7.44. The first-order chi connectivity index (χ1) is 13.7. The number of hydrogen-bond donors (Lipinski definition) is 2. The Morgan fingerprint density at radius 3 is 2.50 bits per heavy atom.